The molecule has 15 heteroatoms. The minimum atomic E-state index is -4.34. The molecule has 1 aliphatic carbocycles. The van der Waals surface area contributed by atoms with Crippen molar-refractivity contribution in [1.29, 1.82) is 0 Å². The number of pyridine rings is 2. The molecule has 2 unspecified atom stereocenters. The molecule has 278 valence electrons. The molecular formula is C36H50ClN7O6S. The second-order valence-electron chi connectivity index (χ2n) is 16.1. The Morgan fingerprint density at radius 3 is 2.41 bits per heavy atom. The summed E-state index contributed by atoms with van der Waals surface area (Å²) >= 11 is 6.35. The van der Waals surface area contributed by atoms with Gasteiger partial charge in [0, 0.05) is 36.3 Å². The standard InChI is InChI=1S/C36H50ClN7O6S/c1-23-35(7,8)36(23,9)22-49-28-17-19-44(41-28)27-16-15-25(30(37)40-27)31(45)42-51(47,48)29-14-10-13-26(39-29)38-18-11-12-24-20-34(5,6)43(21-24)32(46)50-33(2,3)4/h10,13-17,19,23-24H,11-12,18,20-22H2,1-9H3,(H,38,39)(H,42,45)/t23?,24-,36?/m0/s1. The number of nitrogens with one attached hydrogen (secondary N) is 2. The molecule has 4 heterocycles. The summed E-state index contributed by atoms with van der Waals surface area (Å²) in [4.78, 5) is 36.1. The summed E-state index contributed by atoms with van der Waals surface area (Å²) in [5.41, 5.74) is -0.741. The normalized spacial score (nSPS) is 22.4. The Labute approximate surface area is 305 Å². The van der Waals surface area contributed by atoms with Gasteiger partial charge in [-0.2, -0.15) is 8.42 Å². The topological polar surface area (TPSA) is 158 Å². The van der Waals surface area contributed by atoms with E-state index in [4.69, 9.17) is 21.1 Å². The van der Waals surface area contributed by atoms with Crippen LogP contribution in [0.2, 0.25) is 5.15 Å². The van der Waals surface area contributed by atoms with Crippen molar-refractivity contribution in [2.24, 2.45) is 22.7 Å². The Kier molecular flexibility index (Phi) is 10.4. The van der Waals surface area contributed by atoms with E-state index >= 15 is 0 Å². The average molecular weight is 744 g/mol. The van der Waals surface area contributed by atoms with Crippen LogP contribution in [0, 0.1) is 22.7 Å². The molecule has 13 nitrogen and oxygen atoms in total. The Hall–Kier alpha value is -3.91. The van der Waals surface area contributed by atoms with E-state index < -0.39 is 21.5 Å². The van der Waals surface area contributed by atoms with Gasteiger partial charge in [-0.25, -0.2) is 24.2 Å². The fourth-order valence-electron chi connectivity index (χ4n) is 6.87. The van der Waals surface area contributed by atoms with E-state index in [9.17, 15) is 18.0 Å². The lowest BCUT2D eigenvalue weighted by Gasteiger charge is -2.33. The molecule has 51 heavy (non-hydrogen) atoms. The Morgan fingerprint density at radius 2 is 1.76 bits per heavy atom. The number of rotatable bonds is 12. The molecule has 2 fully saturated rings. The van der Waals surface area contributed by atoms with Gasteiger partial charge in [0.25, 0.3) is 15.9 Å². The third-order valence-electron chi connectivity index (χ3n) is 10.7. The van der Waals surface area contributed by atoms with Crippen molar-refractivity contribution in [3.05, 3.63) is 53.3 Å². The predicted octanol–water partition coefficient (Wildman–Crippen LogP) is 6.72. The maximum Gasteiger partial charge on any atom is 0.410 e. The molecule has 5 rings (SSSR count). The number of nitrogens with zero attached hydrogens (tertiary/aromatic N) is 5. The van der Waals surface area contributed by atoms with Crippen LogP contribution in [0.25, 0.3) is 5.82 Å². The van der Waals surface area contributed by atoms with E-state index in [1.807, 2.05) is 39.3 Å². The second kappa shape index (κ2) is 13.9. The molecule has 0 spiro atoms. The van der Waals surface area contributed by atoms with Gasteiger partial charge in [-0.3, -0.25) is 4.79 Å². The van der Waals surface area contributed by atoms with Crippen LogP contribution in [0.1, 0.15) is 91.9 Å². The highest BCUT2D eigenvalue weighted by Gasteiger charge is 2.65. The molecule has 3 aromatic rings. The van der Waals surface area contributed by atoms with Crippen molar-refractivity contribution in [2.75, 3.05) is 25.0 Å². The van der Waals surface area contributed by atoms with Crippen molar-refractivity contribution >= 4 is 39.4 Å². The van der Waals surface area contributed by atoms with Crippen LogP contribution in [-0.4, -0.2) is 75.9 Å². The minimum Gasteiger partial charge on any atom is -0.476 e. The first-order valence-corrected chi connectivity index (χ1v) is 19.1. The monoisotopic (exact) mass is 743 g/mol. The van der Waals surface area contributed by atoms with Crippen LogP contribution in [0.5, 0.6) is 5.88 Å². The van der Waals surface area contributed by atoms with Crippen molar-refractivity contribution in [2.45, 2.75) is 97.7 Å². The molecule has 0 radical (unpaired) electrons. The summed E-state index contributed by atoms with van der Waals surface area (Å²) in [5, 5.41) is 7.07. The van der Waals surface area contributed by atoms with Gasteiger partial charge in [0.1, 0.15) is 16.6 Å². The van der Waals surface area contributed by atoms with Gasteiger partial charge in [0.2, 0.25) is 5.88 Å². The van der Waals surface area contributed by atoms with Crippen molar-refractivity contribution in [3.63, 3.8) is 0 Å². The fraction of sp³-hybridized carbons (Fsp3) is 0.583. The molecule has 0 bridgehead atoms. The highest BCUT2D eigenvalue weighted by Crippen LogP contribution is 2.68. The minimum absolute atomic E-state index is 0.0593. The number of aromatic nitrogens is 4. The molecule has 2 N–H and O–H groups in total. The zero-order chi connectivity index (χ0) is 37.6. The third kappa shape index (κ3) is 8.43. The summed E-state index contributed by atoms with van der Waals surface area (Å²) in [6.45, 7) is 20.2. The van der Waals surface area contributed by atoms with E-state index in [1.165, 1.54) is 22.9 Å². The van der Waals surface area contributed by atoms with Crippen LogP contribution in [-0.2, 0) is 14.8 Å². The van der Waals surface area contributed by atoms with Crippen molar-refractivity contribution < 1.29 is 27.5 Å². The number of sulfonamides is 1. The first-order valence-electron chi connectivity index (χ1n) is 17.3. The highest BCUT2D eigenvalue weighted by atomic mass is 35.5. The lowest BCUT2D eigenvalue weighted by atomic mass is 9.93. The number of carbonyl (C=O) groups is 2. The van der Waals surface area contributed by atoms with E-state index in [1.54, 1.807) is 29.3 Å². The molecule has 0 aromatic carbocycles. The van der Waals surface area contributed by atoms with E-state index in [-0.39, 0.29) is 38.2 Å². The van der Waals surface area contributed by atoms with E-state index in [2.05, 4.69) is 48.1 Å². The maximum absolute atomic E-state index is 13.1. The molecular weight excluding hydrogens is 694 g/mol. The zero-order valence-electron chi connectivity index (χ0n) is 30.9. The third-order valence-corrected chi connectivity index (χ3v) is 12.2. The lowest BCUT2D eigenvalue weighted by Crippen LogP contribution is -2.45. The SMILES string of the molecule is CC1C(C)(C)C1(C)COc1ccn(-c2ccc(C(=O)NS(=O)(=O)c3cccc(NCCC[C@@H]4CN(C(=O)OC(C)(C)C)C(C)(C)C4)n3)c(Cl)n2)n1. The zero-order valence-corrected chi connectivity index (χ0v) is 32.5. The summed E-state index contributed by atoms with van der Waals surface area (Å²) in [6.07, 6.45) is 3.87. The van der Waals surface area contributed by atoms with Crippen molar-refractivity contribution in [3.8, 4) is 11.7 Å². The van der Waals surface area contributed by atoms with Gasteiger partial charge in [-0.15, -0.1) is 5.10 Å². The van der Waals surface area contributed by atoms with Crippen LogP contribution in [0.15, 0.2) is 47.6 Å². The Bertz CT molecular complexity index is 1890. The predicted molar refractivity (Wildman–Crippen MR) is 195 cm³/mol. The first-order chi connectivity index (χ1) is 23.6. The quantitative estimate of drug-likeness (QED) is 0.151. The van der Waals surface area contributed by atoms with Crippen LogP contribution >= 0.6 is 11.6 Å². The summed E-state index contributed by atoms with van der Waals surface area (Å²) in [7, 11) is -4.34. The summed E-state index contributed by atoms with van der Waals surface area (Å²) < 4.78 is 41.4. The van der Waals surface area contributed by atoms with Crippen LogP contribution < -0.4 is 14.8 Å². The Morgan fingerprint density at radius 1 is 1.06 bits per heavy atom. The number of anilines is 1. The van der Waals surface area contributed by atoms with Crippen LogP contribution in [0.3, 0.4) is 0 Å². The molecule has 2 aliphatic rings. The molecule has 1 saturated carbocycles. The van der Waals surface area contributed by atoms with Crippen LogP contribution in [0.4, 0.5) is 10.6 Å². The molecule has 3 aromatic heterocycles. The highest BCUT2D eigenvalue weighted by molar-refractivity contribution is 7.90. The number of hydrogen-bond donors (Lipinski definition) is 2. The van der Waals surface area contributed by atoms with Crippen molar-refractivity contribution in [1.82, 2.24) is 29.4 Å². The van der Waals surface area contributed by atoms with Gasteiger partial charge in [-0.05, 0) is 95.4 Å². The average Bonchev–Trinajstić information content (AvgIpc) is 3.45. The molecule has 3 atom stereocenters. The number of halogens is 1. The van der Waals surface area contributed by atoms with Gasteiger partial charge < -0.3 is 19.7 Å². The summed E-state index contributed by atoms with van der Waals surface area (Å²) in [5.74, 6) is 1.01. The van der Waals surface area contributed by atoms with Gasteiger partial charge in [0.05, 0.1) is 12.2 Å². The Balaban J connectivity index is 1.13. The number of ether oxygens (including phenoxy) is 2. The molecule has 1 aliphatic heterocycles. The molecule has 1 saturated heterocycles. The lowest BCUT2D eigenvalue weighted by molar-refractivity contribution is 0.0130. The number of amides is 2. The van der Waals surface area contributed by atoms with Gasteiger partial charge in [-0.1, -0.05) is 45.4 Å². The smallest absolute Gasteiger partial charge is 0.410 e. The van der Waals surface area contributed by atoms with Gasteiger partial charge in [0.15, 0.2) is 10.8 Å². The fourth-order valence-corrected chi connectivity index (χ4v) is 8.04. The van der Waals surface area contributed by atoms with E-state index in [0.29, 0.717) is 49.0 Å². The maximum atomic E-state index is 13.1. The largest absolute Gasteiger partial charge is 0.476 e. The second-order valence-corrected chi connectivity index (χ2v) is 18.1. The number of carbonyl (C=O) groups excluding carboxylic acids is 2. The van der Waals surface area contributed by atoms with E-state index in [0.717, 1.165) is 19.3 Å². The number of likely N-dealkylation sites (tertiary alicyclic amines) is 1. The van der Waals surface area contributed by atoms with Gasteiger partial charge >= 0.3 is 6.09 Å². The first kappa shape index (κ1) is 38.3. The molecule has 2 amide bonds. The number of hydrogen-bond acceptors (Lipinski definition) is 10. The summed E-state index contributed by atoms with van der Waals surface area (Å²) in [6, 6.07) is 9.13.